The molecule has 0 aromatic carbocycles. The van der Waals surface area contributed by atoms with E-state index in [1.54, 1.807) is 0 Å². The van der Waals surface area contributed by atoms with Crippen molar-refractivity contribution in [1.29, 1.82) is 0 Å². The zero-order valence-electron chi connectivity index (χ0n) is 6.93. The fourth-order valence-corrected chi connectivity index (χ4v) is 2.20. The number of hydrogen-bond acceptors (Lipinski definition) is 4. The molecule has 3 rings (SSSR count). The Bertz CT molecular complexity index is 151. The lowest BCUT2D eigenvalue weighted by Gasteiger charge is -2.56. The molecular formula is C7H16N4. The van der Waals surface area contributed by atoms with E-state index in [4.69, 9.17) is 5.73 Å². The normalized spacial score (nSPS) is 43.6. The maximum atomic E-state index is 6.10. The van der Waals surface area contributed by atoms with E-state index in [1.807, 2.05) is 7.05 Å². The first-order valence-electron chi connectivity index (χ1n) is 4.23. The lowest BCUT2D eigenvalue weighted by atomic mass is 9.69. The largest absolute Gasteiger partial charge is 0.312 e. The molecule has 2 bridgehead atoms. The molecule has 2 saturated heterocycles. The molecule has 1 saturated carbocycles. The number of piperidine rings is 2. The van der Waals surface area contributed by atoms with E-state index in [1.165, 1.54) is 6.42 Å². The van der Waals surface area contributed by atoms with Crippen LogP contribution in [0.4, 0.5) is 0 Å². The summed E-state index contributed by atoms with van der Waals surface area (Å²) in [6.07, 6.45) is 3.59. The second-order valence-electron chi connectivity index (χ2n) is 3.68. The predicted octanol–water partition coefficient (Wildman–Crippen LogP) is -0.604. The highest BCUT2D eigenvalue weighted by Gasteiger charge is 2.49. The Morgan fingerprint density at radius 2 is 2.27 bits per heavy atom. The van der Waals surface area contributed by atoms with E-state index in [0.29, 0.717) is 0 Å². The van der Waals surface area contributed by atoms with E-state index in [0.717, 1.165) is 25.3 Å². The molecule has 0 unspecified atom stereocenters. The van der Waals surface area contributed by atoms with Gasteiger partial charge in [0.05, 0.1) is 5.66 Å². The fraction of sp³-hybridized carbons (Fsp3) is 1.00. The van der Waals surface area contributed by atoms with Gasteiger partial charge in [0, 0.05) is 6.54 Å². The Hall–Kier alpha value is -0.160. The molecule has 0 radical (unpaired) electrons. The number of nitrogens with zero attached hydrogens (tertiary/aromatic N) is 1. The molecule has 64 valence electrons. The third-order valence-corrected chi connectivity index (χ3v) is 2.83. The topological polar surface area (TPSA) is 53.3 Å². The van der Waals surface area contributed by atoms with Gasteiger partial charge in [-0.05, 0) is 32.2 Å². The minimum Gasteiger partial charge on any atom is -0.312 e. The summed E-state index contributed by atoms with van der Waals surface area (Å²) in [6, 6.07) is 0. The third kappa shape index (κ3) is 1.06. The van der Waals surface area contributed by atoms with Crippen molar-refractivity contribution in [3.05, 3.63) is 0 Å². The van der Waals surface area contributed by atoms with Crippen LogP contribution in [0.15, 0.2) is 0 Å². The van der Waals surface area contributed by atoms with Crippen LogP contribution >= 0.6 is 0 Å². The summed E-state index contributed by atoms with van der Waals surface area (Å²) >= 11 is 0. The smallest absolute Gasteiger partial charge is 0.0839 e. The highest BCUT2D eigenvalue weighted by molar-refractivity contribution is 5.00. The summed E-state index contributed by atoms with van der Waals surface area (Å²) < 4.78 is 0. The number of nitrogens with one attached hydrogen (secondary N) is 2. The molecule has 2 aliphatic heterocycles. The van der Waals surface area contributed by atoms with Gasteiger partial charge < -0.3 is 5.73 Å². The van der Waals surface area contributed by atoms with Crippen molar-refractivity contribution in [3.8, 4) is 0 Å². The third-order valence-electron chi connectivity index (χ3n) is 2.83. The van der Waals surface area contributed by atoms with Gasteiger partial charge in [0.2, 0.25) is 0 Å². The van der Waals surface area contributed by atoms with Crippen LogP contribution in [-0.4, -0.2) is 24.3 Å². The molecule has 2 heterocycles. The number of fused-ring (bicyclic) bond motifs is 2. The van der Waals surface area contributed by atoms with Crippen LogP contribution in [0.2, 0.25) is 0 Å². The van der Waals surface area contributed by atoms with E-state index >= 15 is 0 Å². The molecule has 4 N–H and O–H groups in total. The van der Waals surface area contributed by atoms with Gasteiger partial charge in [0.15, 0.2) is 0 Å². The fourth-order valence-electron chi connectivity index (χ4n) is 2.20. The first-order chi connectivity index (χ1) is 5.24. The summed E-state index contributed by atoms with van der Waals surface area (Å²) in [4.78, 5) is 0. The Balaban J connectivity index is 1.97. The van der Waals surface area contributed by atoms with Gasteiger partial charge >= 0.3 is 0 Å². The van der Waals surface area contributed by atoms with Gasteiger partial charge in [0.25, 0.3) is 0 Å². The van der Waals surface area contributed by atoms with Gasteiger partial charge in [-0.1, -0.05) is 0 Å². The number of hydrazine groups is 2. The zero-order chi connectivity index (χ0) is 7.90. The zero-order valence-corrected chi connectivity index (χ0v) is 6.93. The molecule has 0 spiro atoms. The summed E-state index contributed by atoms with van der Waals surface area (Å²) in [5, 5.41) is 2.12. The SMILES string of the molecule is CNNN1CCC2CC1(N)C2. The van der Waals surface area contributed by atoms with Crippen LogP contribution in [0.5, 0.6) is 0 Å². The standard InChI is InChI=1S/C7H16N4/c1-9-10-11-3-2-6-4-7(11,8)5-6/h6,9-10H,2-5,8H2,1H3. The molecule has 0 aromatic heterocycles. The van der Waals surface area contributed by atoms with E-state index in [2.05, 4.69) is 16.0 Å². The van der Waals surface area contributed by atoms with Gasteiger partial charge in [-0.3, -0.25) is 0 Å². The summed E-state index contributed by atoms with van der Waals surface area (Å²) in [5.41, 5.74) is 12.0. The quantitative estimate of drug-likeness (QED) is 0.467. The van der Waals surface area contributed by atoms with Crippen LogP contribution in [-0.2, 0) is 0 Å². The summed E-state index contributed by atoms with van der Waals surface area (Å²) in [6.45, 7) is 1.07. The molecule has 0 amide bonds. The van der Waals surface area contributed by atoms with Crippen molar-refractivity contribution in [2.24, 2.45) is 11.7 Å². The molecule has 1 aliphatic carbocycles. The number of rotatable bonds is 2. The molecule has 3 fully saturated rings. The predicted molar refractivity (Wildman–Crippen MR) is 43.2 cm³/mol. The lowest BCUT2D eigenvalue weighted by molar-refractivity contribution is -0.112. The van der Waals surface area contributed by atoms with Crippen molar-refractivity contribution in [1.82, 2.24) is 16.0 Å². The maximum absolute atomic E-state index is 6.10. The average Bonchev–Trinajstić information content (AvgIpc) is 1.91. The minimum absolute atomic E-state index is 0.0497. The molecule has 4 heteroatoms. The van der Waals surface area contributed by atoms with Crippen LogP contribution in [0.25, 0.3) is 0 Å². The van der Waals surface area contributed by atoms with E-state index < -0.39 is 0 Å². The van der Waals surface area contributed by atoms with Crippen LogP contribution < -0.4 is 16.7 Å². The van der Waals surface area contributed by atoms with Gasteiger partial charge in [-0.15, -0.1) is 0 Å². The molecule has 3 aliphatic rings. The highest BCUT2D eigenvalue weighted by Crippen LogP contribution is 2.43. The second-order valence-corrected chi connectivity index (χ2v) is 3.68. The van der Waals surface area contributed by atoms with Gasteiger partial charge in [-0.2, -0.15) is 5.53 Å². The van der Waals surface area contributed by atoms with Crippen molar-refractivity contribution >= 4 is 0 Å². The molecule has 0 atom stereocenters. The van der Waals surface area contributed by atoms with Crippen LogP contribution in [0, 0.1) is 5.92 Å². The van der Waals surface area contributed by atoms with Crippen molar-refractivity contribution in [3.63, 3.8) is 0 Å². The van der Waals surface area contributed by atoms with Gasteiger partial charge in [-0.25, -0.2) is 10.4 Å². The minimum atomic E-state index is -0.0497. The first-order valence-corrected chi connectivity index (χ1v) is 4.23. The number of hydrogen-bond donors (Lipinski definition) is 3. The maximum Gasteiger partial charge on any atom is 0.0839 e. The molecule has 0 aromatic rings. The molecule has 4 nitrogen and oxygen atoms in total. The van der Waals surface area contributed by atoms with E-state index in [-0.39, 0.29) is 5.66 Å². The number of nitrogens with two attached hydrogens (primary N) is 1. The van der Waals surface area contributed by atoms with Gasteiger partial charge in [0.1, 0.15) is 0 Å². The Morgan fingerprint density at radius 1 is 1.55 bits per heavy atom. The van der Waals surface area contributed by atoms with Crippen molar-refractivity contribution in [2.45, 2.75) is 24.9 Å². The summed E-state index contributed by atoms with van der Waals surface area (Å²) in [5.74, 6) is 0.898. The Morgan fingerprint density at radius 3 is 2.82 bits per heavy atom. The monoisotopic (exact) mass is 156 g/mol. The molecular weight excluding hydrogens is 140 g/mol. The highest BCUT2D eigenvalue weighted by atomic mass is 15.7. The van der Waals surface area contributed by atoms with Crippen molar-refractivity contribution in [2.75, 3.05) is 13.6 Å². The second kappa shape index (κ2) is 2.42. The van der Waals surface area contributed by atoms with Crippen molar-refractivity contribution < 1.29 is 0 Å². The Labute approximate surface area is 67.1 Å². The average molecular weight is 156 g/mol. The van der Waals surface area contributed by atoms with Crippen LogP contribution in [0.1, 0.15) is 19.3 Å². The first kappa shape index (κ1) is 7.49. The van der Waals surface area contributed by atoms with E-state index in [9.17, 15) is 0 Å². The lowest BCUT2D eigenvalue weighted by Crippen LogP contribution is -2.72. The Kier molecular flexibility index (Phi) is 1.64. The van der Waals surface area contributed by atoms with Crippen LogP contribution in [0.3, 0.4) is 0 Å². The summed E-state index contributed by atoms with van der Waals surface area (Å²) in [7, 11) is 1.87. The molecule has 11 heavy (non-hydrogen) atoms.